The zero-order valence-electron chi connectivity index (χ0n) is 13.9. The van der Waals surface area contributed by atoms with E-state index in [2.05, 4.69) is 15.5 Å². The molecule has 4 saturated carbocycles. The normalized spacial score (nSPS) is 43.7. The predicted octanol–water partition coefficient (Wildman–Crippen LogP) is 1.61. The van der Waals surface area contributed by atoms with Gasteiger partial charge in [0.1, 0.15) is 0 Å². The van der Waals surface area contributed by atoms with Crippen LogP contribution in [-0.2, 0) is 4.79 Å². The Hall–Kier alpha value is -0.610. The molecule has 1 atom stereocenters. The molecule has 5 rings (SSSR count). The lowest BCUT2D eigenvalue weighted by molar-refractivity contribution is -0.129. The van der Waals surface area contributed by atoms with E-state index >= 15 is 0 Å². The molecular formula is C18H31N3O. The minimum Gasteiger partial charge on any atom is -0.351 e. The first-order valence-corrected chi connectivity index (χ1v) is 9.43. The van der Waals surface area contributed by atoms with E-state index in [0.29, 0.717) is 11.9 Å². The summed E-state index contributed by atoms with van der Waals surface area (Å²) in [7, 11) is 1.99. The summed E-state index contributed by atoms with van der Waals surface area (Å²) in [5, 5.41) is 6.71. The molecule has 4 bridgehead atoms. The van der Waals surface area contributed by atoms with Gasteiger partial charge in [0.2, 0.25) is 5.91 Å². The van der Waals surface area contributed by atoms with Gasteiger partial charge < -0.3 is 10.6 Å². The third kappa shape index (κ3) is 2.69. The van der Waals surface area contributed by atoms with Crippen molar-refractivity contribution in [3.05, 3.63) is 0 Å². The smallest absolute Gasteiger partial charge is 0.237 e. The van der Waals surface area contributed by atoms with Gasteiger partial charge in [0.05, 0.1) is 6.04 Å². The zero-order chi connectivity index (χ0) is 15.1. The molecule has 4 heteroatoms. The van der Waals surface area contributed by atoms with Gasteiger partial charge in [0.15, 0.2) is 0 Å². The lowest BCUT2D eigenvalue weighted by Crippen LogP contribution is -2.58. The van der Waals surface area contributed by atoms with Gasteiger partial charge in [-0.25, -0.2) is 0 Å². The molecule has 0 spiro atoms. The number of hydrogen-bond donors (Lipinski definition) is 2. The summed E-state index contributed by atoms with van der Waals surface area (Å²) >= 11 is 0. The van der Waals surface area contributed by atoms with E-state index in [-0.39, 0.29) is 6.04 Å². The molecule has 1 saturated heterocycles. The summed E-state index contributed by atoms with van der Waals surface area (Å²) in [5.74, 6) is 3.86. The minimum atomic E-state index is 0.130. The van der Waals surface area contributed by atoms with Gasteiger partial charge in [-0.15, -0.1) is 0 Å². The summed E-state index contributed by atoms with van der Waals surface area (Å²) in [6.45, 7) is 3.06. The number of amides is 1. The Kier molecular flexibility index (Phi) is 4.16. The maximum Gasteiger partial charge on any atom is 0.237 e. The van der Waals surface area contributed by atoms with Crippen LogP contribution in [0.3, 0.4) is 0 Å². The van der Waals surface area contributed by atoms with Crippen molar-refractivity contribution in [2.24, 2.45) is 23.7 Å². The third-order valence-electron chi connectivity index (χ3n) is 6.85. The molecule has 0 aromatic heterocycles. The zero-order valence-corrected chi connectivity index (χ0v) is 13.9. The number of likely N-dealkylation sites (tertiary alicyclic amines) is 1. The average Bonchev–Trinajstić information content (AvgIpc) is 2.96. The number of nitrogens with one attached hydrogen (secondary N) is 2. The number of likely N-dealkylation sites (N-methyl/N-ethyl adjacent to an activating group) is 1. The fourth-order valence-electron chi connectivity index (χ4n) is 6.07. The second kappa shape index (κ2) is 6.12. The first-order chi connectivity index (χ1) is 10.7. The molecule has 5 aliphatic rings. The molecule has 0 aromatic rings. The number of carbonyl (C=O) groups excluding carboxylic acids is 1. The lowest BCUT2D eigenvalue weighted by Gasteiger charge is -2.54. The van der Waals surface area contributed by atoms with Crippen molar-refractivity contribution < 1.29 is 4.79 Å². The van der Waals surface area contributed by atoms with Crippen molar-refractivity contribution >= 4 is 5.91 Å². The molecule has 0 radical (unpaired) electrons. The van der Waals surface area contributed by atoms with Crippen molar-refractivity contribution in [2.45, 2.75) is 57.0 Å². The van der Waals surface area contributed by atoms with Crippen LogP contribution in [0.4, 0.5) is 0 Å². The molecule has 1 aliphatic heterocycles. The van der Waals surface area contributed by atoms with Crippen molar-refractivity contribution in [3.8, 4) is 0 Å². The van der Waals surface area contributed by atoms with E-state index in [4.69, 9.17) is 0 Å². The number of rotatable bonds is 5. The topological polar surface area (TPSA) is 44.4 Å². The molecule has 0 unspecified atom stereocenters. The second-order valence-corrected chi connectivity index (χ2v) is 8.26. The van der Waals surface area contributed by atoms with Crippen molar-refractivity contribution in [1.29, 1.82) is 0 Å². The summed E-state index contributed by atoms with van der Waals surface area (Å²) in [4.78, 5) is 15.2. The van der Waals surface area contributed by atoms with Crippen LogP contribution in [0.25, 0.3) is 0 Å². The van der Waals surface area contributed by atoms with Crippen LogP contribution in [0.15, 0.2) is 0 Å². The van der Waals surface area contributed by atoms with Gasteiger partial charge in [-0.2, -0.15) is 0 Å². The molecule has 1 heterocycles. The standard InChI is InChI=1S/C18H31N3O/c1-19-4-6-21-5-2-3-16(21)18(22)20-17-14-8-12-7-13(10-14)11-15(17)9-12/h12-17,19H,2-11H2,1H3,(H,20,22)/t12?,13?,14?,15?,16-,17?/m0/s1. The molecule has 1 amide bonds. The molecule has 4 nitrogen and oxygen atoms in total. The highest BCUT2D eigenvalue weighted by atomic mass is 16.2. The SMILES string of the molecule is CNCCN1CCC[C@H]1C(=O)NC1C2CC3CC(C2)CC1C3. The summed E-state index contributed by atoms with van der Waals surface area (Å²) < 4.78 is 0. The highest BCUT2D eigenvalue weighted by molar-refractivity contribution is 5.82. The molecule has 124 valence electrons. The molecule has 2 N–H and O–H groups in total. The first kappa shape index (κ1) is 14.9. The Balaban J connectivity index is 1.37. The van der Waals surface area contributed by atoms with E-state index in [1.807, 2.05) is 7.05 Å². The van der Waals surface area contributed by atoms with E-state index < -0.39 is 0 Å². The van der Waals surface area contributed by atoms with Crippen LogP contribution in [0, 0.1) is 23.7 Å². The van der Waals surface area contributed by atoms with Crippen molar-refractivity contribution in [1.82, 2.24) is 15.5 Å². The number of carbonyl (C=O) groups is 1. The minimum absolute atomic E-state index is 0.130. The third-order valence-corrected chi connectivity index (χ3v) is 6.85. The Morgan fingerprint density at radius 3 is 2.41 bits per heavy atom. The van der Waals surface area contributed by atoms with Gasteiger partial charge in [0.25, 0.3) is 0 Å². The van der Waals surface area contributed by atoms with Crippen LogP contribution in [0.5, 0.6) is 0 Å². The first-order valence-electron chi connectivity index (χ1n) is 9.43. The van der Waals surface area contributed by atoms with E-state index in [0.717, 1.165) is 49.7 Å². The maximum atomic E-state index is 12.8. The fourth-order valence-corrected chi connectivity index (χ4v) is 6.07. The van der Waals surface area contributed by atoms with Crippen molar-refractivity contribution in [2.75, 3.05) is 26.7 Å². The van der Waals surface area contributed by atoms with Crippen LogP contribution in [-0.4, -0.2) is 49.6 Å². The van der Waals surface area contributed by atoms with Crippen LogP contribution in [0.1, 0.15) is 44.9 Å². The maximum absolute atomic E-state index is 12.8. The summed E-state index contributed by atoms with van der Waals surface area (Å²) in [6, 6.07) is 0.623. The number of nitrogens with zero attached hydrogens (tertiary/aromatic N) is 1. The Morgan fingerprint density at radius 2 is 1.77 bits per heavy atom. The number of hydrogen-bond acceptors (Lipinski definition) is 3. The highest BCUT2D eigenvalue weighted by Gasteiger charge is 2.49. The quantitative estimate of drug-likeness (QED) is 0.811. The Labute approximate surface area is 134 Å². The van der Waals surface area contributed by atoms with E-state index in [1.54, 1.807) is 0 Å². The van der Waals surface area contributed by atoms with Crippen LogP contribution in [0.2, 0.25) is 0 Å². The van der Waals surface area contributed by atoms with Crippen LogP contribution < -0.4 is 10.6 Å². The van der Waals surface area contributed by atoms with Gasteiger partial charge in [-0.05, 0) is 82.2 Å². The van der Waals surface area contributed by atoms with Gasteiger partial charge >= 0.3 is 0 Å². The van der Waals surface area contributed by atoms with Gasteiger partial charge in [-0.3, -0.25) is 9.69 Å². The van der Waals surface area contributed by atoms with E-state index in [1.165, 1.54) is 38.5 Å². The molecule has 0 aromatic carbocycles. The van der Waals surface area contributed by atoms with Crippen LogP contribution >= 0.6 is 0 Å². The monoisotopic (exact) mass is 305 g/mol. The Morgan fingerprint density at radius 1 is 1.09 bits per heavy atom. The average molecular weight is 305 g/mol. The lowest BCUT2D eigenvalue weighted by atomic mass is 9.54. The molecular weight excluding hydrogens is 274 g/mol. The molecule has 4 aliphatic carbocycles. The second-order valence-electron chi connectivity index (χ2n) is 8.26. The van der Waals surface area contributed by atoms with E-state index in [9.17, 15) is 4.79 Å². The summed E-state index contributed by atoms with van der Waals surface area (Å²) in [5.41, 5.74) is 0. The van der Waals surface area contributed by atoms with Gasteiger partial charge in [-0.1, -0.05) is 0 Å². The van der Waals surface area contributed by atoms with Gasteiger partial charge in [0, 0.05) is 19.1 Å². The highest BCUT2D eigenvalue weighted by Crippen LogP contribution is 2.53. The van der Waals surface area contributed by atoms with Crippen molar-refractivity contribution in [3.63, 3.8) is 0 Å². The predicted molar refractivity (Wildman–Crippen MR) is 87.5 cm³/mol. The molecule has 22 heavy (non-hydrogen) atoms. The fraction of sp³-hybridized carbons (Fsp3) is 0.944. The summed E-state index contributed by atoms with van der Waals surface area (Å²) in [6.07, 6.45) is 9.22. The largest absolute Gasteiger partial charge is 0.351 e. The molecule has 5 fully saturated rings. The Bertz CT molecular complexity index is 397.